The molecule has 0 saturated carbocycles. The molecule has 0 bridgehead atoms. The number of nitrogens with zero attached hydrogens (tertiary/aromatic N) is 3. The predicted octanol–water partition coefficient (Wildman–Crippen LogP) is 3.70. The first-order chi connectivity index (χ1) is 10.8. The SMILES string of the molecule is Fc1ccc(N2CCOc3cnc(Cl)nc32)c(OC(F)(F)F)c1. The molecule has 2 heterocycles. The molecule has 0 unspecified atom stereocenters. The van der Waals surface area contributed by atoms with Gasteiger partial charge in [0.25, 0.3) is 0 Å². The zero-order valence-corrected chi connectivity index (χ0v) is 12.0. The van der Waals surface area contributed by atoms with E-state index in [0.29, 0.717) is 6.07 Å². The van der Waals surface area contributed by atoms with Crippen LogP contribution in [0.2, 0.25) is 5.28 Å². The fourth-order valence-electron chi connectivity index (χ4n) is 2.14. The smallest absolute Gasteiger partial charge is 0.486 e. The van der Waals surface area contributed by atoms with Crippen LogP contribution in [0.15, 0.2) is 24.4 Å². The van der Waals surface area contributed by atoms with Gasteiger partial charge in [0, 0.05) is 6.07 Å². The Hall–Kier alpha value is -2.29. The number of halogens is 5. The summed E-state index contributed by atoms with van der Waals surface area (Å²) >= 11 is 5.73. The highest BCUT2D eigenvalue weighted by molar-refractivity contribution is 6.28. The van der Waals surface area contributed by atoms with Crippen LogP contribution in [0.4, 0.5) is 29.1 Å². The lowest BCUT2D eigenvalue weighted by Crippen LogP contribution is -2.30. The van der Waals surface area contributed by atoms with E-state index in [1.54, 1.807) is 0 Å². The van der Waals surface area contributed by atoms with E-state index in [1.807, 2.05) is 0 Å². The second-order valence-electron chi connectivity index (χ2n) is 4.49. The molecule has 23 heavy (non-hydrogen) atoms. The molecule has 1 aliphatic rings. The third-order valence-electron chi connectivity index (χ3n) is 2.97. The summed E-state index contributed by atoms with van der Waals surface area (Å²) in [6.45, 7) is 0.362. The van der Waals surface area contributed by atoms with Crippen molar-refractivity contribution in [3.05, 3.63) is 35.5 Å². The summed E-state index contributed by atoms with van der Waals surface area (Å²) in [6.07, 6.45) is -3.65. The van der Waals surface area contributed by atoms with Crippen LogP contribution in [0, 0.1) is 5.82 Å². The van der Waals surface area contributed by atoms with Gasteiger partial charge in [0.15, 0.2) is 17.3 Å². The number of fused-ring (bicyclic) bond motifs is 1. The molecule has 1 aromatic heterocycles. The number of anilines is 2. The monoisotopic (exact) mass is 349 g/mol. The standard InChI is InChI=1S/C13H8ClF4N3O2/c14-12-19-6-10-11(20-12)21(3-4-22-10)8-2-1-7(15)5-9(8)23-13(16,17)18/h1-2,5-6H,3-4H2. The highest BCUT2D eigenvalue weighted by Crippen LogP contribution is 2.41. The second kappa shape index (κ2) is 5.73. The van der Waals surface area contributed by atoms with Gasteiger partial charge in [0.05, 0.1) is 18.4 Å². The van der Waals surface area contributed by atoms with Gasteiger partial charge in [0.1, 0.15) is 12.4 Å². The summed E-state index contributed by atoms with van der Waals surface area (Å²) in [4.78, 5) is 9.10. The first kappa shape index (κ1) is 15.6. The van der Waals surface area contributed by atoms with Crippen molar-refractivity contribution in [2.24, 2.45) is 0 Å². The minimum absolute atomic E-state index is 0.0111. The Morgan fingerprint density at radius 1 is 1.30 bits per heavy atom. The minimum atomic E-state index is -4.96. The fourth-order valence-corrected chi connectivity index (χ4v) is 2.27. The molecule has 0 atom stereocenters. The van der Waals surface area contributed by atoms with Gasteiger partial charge in [-0.1, -0.05) is 0 Å². The van der Waals surface area contributed by atoms with E-state index >= 15 is 0 Å². The Kier molecular flexibility index (Phi) is 3.88. The zero-order valence-electron chi connectivity index (χ0n) is 11.3. The van der Waals surface area contributed by atoms with Crippen LogP contribution in [0.25, 0.3) is 0 Å². The van der Waals surface area contributed by atoms with E-state index < -0.39 is 17.9 Å². The maximum absolute atomic E-state index is 13.3. The lowest BCUT2D eigenvalue weighted by Gasteiger charge is -2.31. The molecule has 0 spiro atoms. The molecule has 3 rings (SSSR count). The van der Waals surface area contributed by atoms with Gasteiger partial charge in [-0.25, -0.2) is 9.37 Å². The Balaban J connectivity index is 2.08. The van der Waals surface area contributed by atoms with E-state index in [4.69, 9.17) is 16.3 Å². The molecule has 1 aromatic carbocycles. The average molecular weight is 350 g/mol. The molecule has 0 N–H and O–H groups in total. The van der Waals surface area contributed by atoms with E-state index in [-0.39, 0.29) is 35.7 Å². The molecular weight excluding hydrogens is 342 g/mol. The van der Waals surface area contributed by atoms with Crippen LogP contribution in [-0.4, -0.2) is 29.5 Å². The van der Waals surface area contributed by atoms with Gasteiger partial charge >= 0.3 is 6.36 Å². The summed E-state index contributed by atoms with van der Waals surface area (Å²) in [5, 5.41) is -0.0975. The summed E-state index contributed by atoms with van der Waals surface area (Å²) in [7, 11) is 0. The third-order valence-corrected chi connectivity index (χ3v) is 3.16. The van der Waals surface area contributed by atoms with Crippen molar-refractivity contribution in [2.75, 3.05) is 18.1 Å². The number of hydrogen-bond acceptors (Lipinski definition) is 5. The Labute approximate surface area is 132 Å². The lowest BCUT2D eigenvalue weighted by molar-refractivity contribution is -0.274. The molecule has 10 heteroatoms. The van der Waals surface area contributed by atoms with Crippen molar-refractivity contribution < 1.29 is 27.0 Å². The summed E-state index contributed by atoms with van der Waals surface area (Å²) in [5.74, 6) is -1.11. The Morgan fingerprint density at radius 2 is 2.09 bits per heavy atom. The molecule has 0 fully saturated rings. The number of rotatable bonds is 2. The number of ether oxygens (including phenoxy) is 2. The van der Waals surface area contributed by atoms with Crippen molar-refractivity contribution in [3.63, 3.8) is 0 Å². The van der Waals surface area contributed by atoms with Crippen molar-refractivity contribution >= 4 is 23.1 Å². The Bertz CT molecular complexity index is 742. The molecule has 5 nitrogen and oxygen atoms in total. The summed E-state index contributed by atoms with van der Waals surface area (Å²) in [5.41, 5.74) is -0.0111. The predicted molar refractivity (Wildman–Crippen MR) is 72.6 cm³/mol. The summed E-state index contributed by atoms with van der Waals surface area (Å²) < 4.78 is 60.2. The molecule has 122 valence electrons. The molecule has 0 aliphatic carbocycles. The number of benzene rings is 1. The first-order valence-corrected chi connectivity index (χ1v) is 6.69. The highest BCUT2D eigenvalue weighted by atomic mass is 35.5. The van der Waals surface area contributed by atoms with Crippen LogP contribution in [0.5, 0.6) is 11.5 Å². The highest BCUT2D eigenvalue weighted by Gasteiger charge is 2.34. The molecular formula is C13H8ClF4N3O2. The van der Waals surface area contributed by atoms with Gasteiger partial charge in [-0.15, -0.1) is 13.2 Å². The van der Waals surface area contributed by atoms with Crippen LogP contribution in [-0.2, 0) is 0 Å². The van der Waals surface area contributed by atoms with Gasteiger partial charge in [-0.3, -0.25) is 0 Å². The van der Waals surface area contributed by atoms with Gasteiger partial charge < -0.3 is 14.4 Å². The maximum atomic E-state index is 13.3. The molecule has 2 aromatic rings. The van der Waals surface area contributed by atoms with Gasteiger partial charge in [-0.05, 0) is 23.7 Å². The van der Waals surface area contributed by atoms with Crippen LogP contribution in [0.3, 0.4) is 0 Å². The number of hydrogen-bond donors (Lipinski definition) is 0. The number of alkyl halides is 3. The maximum Gasteiger partial charge on any atom is 0.573 e. The average Bonchev–Trinajstić information content (AvgIpc) is 2.45. The first-order valence-electron chi connectivity index (χ1n) is 6.32. The third kappa shape index (κ3) is 3.39. The second-order valence-corrected chi connectivity index (χ2v) is 4.82. The summed E-state index contributed by atoms with van der Waals surface area (Å²) in [6, 6.07) is 2.85. The van der Waals surface area contributed by atoms with Gasteiger partial charge in [0.2, 0.25) is 5.28 Å². The minimum Gasteiger partial charge on any atom is -0.486 e. The van der Waals surface area contributed by atoms with Crippen molar-refractivity contribution in [3.8, 4) is 11.5 Å². The lowest BCUT2D eigenvalue weighted by atomic mass is 10.2. The van der Waals surface area contributed by atoms with E-state index in [1.165, 1.54) is 17.2 Å². The molecule has 0 saturated heterocycles. The van der Waals surface area contributed by atoms with Crippen molar-refractivity contribution in [1.82, 2.24) is 9.97 Å². The van der Waals surface area contributed by atoms with Crippen LogP contribution >= 0.6 is 11.6 Å². The van der Waals surface area contributed by atoms with Crippen LogP contribution < -0.4 is 14.4 Å². The molecule has 0 amide bonds. The Morgan fingerprint density at radius 3 is 2.83 bits per heavy atom. The number of aromatic nitrogens is 2. The topological polar surface area (TPSA) is 47.5 Å². The normalized spacial score (nSPS) is 14.2. The van der Waals surface area contributed by atoms with E-state index in [9.17, 15) is 17.6 Å². The van der Waals surface area contributed by atoms with Crippen LogP contribution in [0.1, 0.15) is 0 Å². The quantitative estimate of drug-likeness (QED) is 0.611. The fraction of sp³-hybridized carbons (Fsp3) is 0.231. The van der Waals surface area contributed by atoms with Crippen molar-refractivity contribution in [2.45, 2.75) is 6.36 Å². The molecule has 1 aliphatic heterocycles. The van der Waals surface area contributed by atoms with Crippen molar-refractivity contribution in [1.29, 1.82) is 0 Å². The molecule has 0 radical (unpaired) electrons. The van der Waals surface area contributed by atoms with E-state index in [0.717, 1.165) is 6.07 Å². The largest absolute Gasteiger partial charge is 0.573 e. The van der Waals surface area contributed by atoms with Gasteiger partial charge in [-0.2, -0.15) is 4.98 Å². The zero-order chi connectivity index (χ0) is 16.6. The van der Waals surface area contributed by atoms with E-state index in [2.05, 4.69) is 14.7 Å².